The molecule has 2 aromatic carbocycles. The van der Waals surface area contributed by atoms with E-state index >= 15 is 0 Å². The average molecular weight is 397 g/mol. The maximum Gasteiger partial charge on any atom is 0.261 e. The minimum absolute atomic E-state index is 0.0916. The molecule has 0 unspecified atom stereocenters. The van der Waals surface area contributed by atoms with E-state index in [2.05, 4.69) is 12.2 Å². The maximum absolute atomic E-state index is 12.9. The van der Waals surface area contributed by atoms with E-state index in [9.17, 15) is 9.59 Å². The molecular formula is C24H32N2O3. The minimum atomic E-state index is -0.552. The smallest absolute Gasteiger partial charge is 0.261 e. The molecule has 0 saturated heterocycles. The summed E-state index contributed by atoms with van der Waals surface area (Å²) in [6.45, 7) is 6.83. The molecule has 29 heavy (non-hydrogen) atoms. The predicted molar refractivity (Wildman–Crippen MR) is 116 cm³/mol. The van der Waals surface area contributed by atoms with E-state index in [0.717, 1.165) is 18.4 Å². The second kappa shape index (κ2) is 11.9. The van der Waals surface area contributed by atoms with Gasteiger partial charge in [0.2, 0.25) is 5.91 Å². The number of benzene rings is 2. The molecule has 156 valence electrons. The zero-order valence-electron chi connectivity index (χ0n) is 17.7. The lowest BCUT2D eigenvalue weighted by Gasteiger charge is -2.28. The standard InChI is InChI=1S/C24H32N2O3/c1-4-16-25-24(28)19(3)26(17-15-21-9-7-6-8-10-21)23(27)18-29-22-13-11-20(5-2)12-14-22/h6-14,19H,4-5,15-18H2,1-3H3,(H,25,28)/t19-/m1/s1. The summed E-state index contributed by atoms with van der Waals surface area (Å²) in [6.07, 6.45) is 2.49. The van der Waals surface area contributed by atoms with E-state index in [-0.39, 0.29) is 18.4 Å². The highest BCUT2D eigenvalue weighted by molar-refractivity contribution is 5.87. The van der Waals surface area contributed by atoms with Crippen molar-refractivity contribution in [3.05, 3.63) is 65.7 Å². The summed E-state index contributed by atoms with van der Waals surface area (Å²) in [4.78, 5) is 27.0. The highest BCUT2D eigenvalue weighted by atomic mass is 16.5. The molecule has 5 heteroatoms. The van der Waals surface area contributed by atoms with Gasteiger partial charge < -0.3 is 15.0 Å². The number of amides is 2. The van der Waals surface area contributed by atoms with Crippen molar-refractivity contribution in [3.8, 4) is 5.75 Å². The van der Waals surface area contributed by atoms with Crippen LogP contribution in [0.4, 0.5) is 0 Å². The molecule has 1 atom stereocenters. The summed E-state index contributed by atoms with van der Waals surface area (Å²) in [7, 11) is 0. The molecule has 0 aliphatic heterocycles. The monoisotopic (exact) mass is 396 g/mol. The largest absolute Gasteiger partial charge is 0.484 e. The van der Waals surface area contributed by atoms with Gasteiger partial charge in [-0.3, -0.25) is 9.59 Å². The van der Waals surface area contributed by atoms with Crippen LogP contribution in [0.5, 0.6) is 5.75 Å². The van der Waals surface area contributed by atoms with Crippen LogP contribution in [0, 0.1) is 0 Å². The van der Waals surface area contributed by atoms with Crippen LogP contribution in [0.1, 0.15) is 38.3 Å². The van der Waals surface area contributed by atoms with Gasteiger partial charge in [-0.25, -0.2) is 0 Å². The highest BCUT2D eigenvalue weighted by Crippen LogP contribution is 2.13. The third kappa shape index (κ3) is 7.26. The Bertz CT molecular complexity index is 759. The zero-order chi connectivity index (χ0) is 21.1. The Morgan fingerprint density at radius 3 is 2.31 bits per heavy atom. The van der Waals surface area contributed by atoms with E-state index in [1.807, 2.05) is 61.5 Å². The molecule has 0 bridgehead atoms. The quantitative estimate of drug-likeness (QED) is 0.631. The highest BCUT2D eigenvalue weighted by Gasteiger charge is 2.25. The first kappa shape index (κ1) is 22.5. The van der Waals surface area contributed by atoms with Crippen LogP contribution in [-0.2, 0) is 22.4 Å². The van der Waals surface area contributed by atoms with Crippen LogP contribution in [0.3, 0.4) is 0 Å². The molecule has 0 fully saturated rings. The summed E-state index contributed by atoms with van der Waals surface area (Å²) in [6, 6.07) is 17.1. The Morgan fingerprint density at radius 2 is 1.69 bits per heavy atom. The number of carbonyl (C=O) groups excluding carboxylic acids is 2. The summed E-state index contributed by atoms with van der Waals surface area (Å²) < 4.78 is 5.69. The molecule has 2 rings (SSSR count). The molecule has 1 N–H and O–H groups in total. The third-order valence-corrected chi connectivity index (χ3v) is 4.89. The Morgan fingerprint density at radius 1 is 1.00 bits per heavy atom. The molecule has 0 aromatic heterocycles. The van der Waals surface area contributed by atoms with Crippen molar-refractivity contribution in [2.45, 2.75) is 46.1 Å². The van der Waals surface area contributed by atoms with Crippen LogP contribution in [-0.4, -0.2) is 42.5 Å². The Labute approximate surface area is 174 Å². The first-order valence-electron chi connectivity index (χ1n) is 10.4. The van der Waals surface area contributed by atoms with E-state index in [1.165, 1.54) is 5.56 Å². The second-order valence-electron chi connectivity index (χ2n) is 7.08. The predicted octanol–water partition coefficient (Wildman–Crippen LogP) is 3.61. The van der Waals surface area contributed by atoms with Gasteiger partial charge in [0.05, 0.1) is 0 Å². The van der Waals surface area contributed by atoms with Gasteiger partial charge in [-0.05, 0) is 49.4 Å². The number of hydrogen-bond donors (Lipinski definition) is 1. The van der Waals surface area contributed by atoms with Gasteiger partial charge >= 0.3 is 0 Å². The summed E-state index contributed by atoms with van der Waals surface area (Å²) in [5.74, 6) is 0.321. The van der Waals surface area contributed by atoms with Crippen LogP contribution in [0.25, 0.3) is 0 Å². The molecule has 2 amide bonds. The molecule has 0 radical (unpaired) electrons. The lowest BCUT2D eigenvalue weighted by atomic mass is 10.1. The fraction of sp³-hybridized carbons (Fsp3) is 0.417. The van der Waals surface area contributed by atoms with E-state index < -0.39 is 6.04 Å². The first-order chi connectivity index (χ1) is 14.0. The number of nitrogens with one attached hydrogen (secondary N) is 1. The number of rotatable bonds is 11. The Kier molecular flexibility index (Phi) is 9.22. The fourth-order valence-corrected chi connectivity index (χ4v) is 3.02. The number of aryl methyl sites for hydroxylation is 1. The van der Waals surface area contributed by atoms with E-state index in [0.29, 0.717) is 25.3 Å². The van der Waals surface area contributed by atoms with Crippen LogP contribution >= 0.6 is 0 Å². The normalized spacial score (nSPS) is 11.6. The van der Waals surface area contributed by atoms with Gasteiger partial charge in [0.15, 0.2) is 6.61 Å². The average Bonchev–Trinajstić information content (AvgIpc) is 2.77. The molecule has 0 spiro atoms. The van der Waals surface area contributed by atoms with Gasteiger partial charge in [-0.15, -0.1) is 0 Å². The first-order valence-corrected chi connectivity index (χ1v) is 10.4. The van der Waals surface area contributed by atoms with Gasteiger partial charge in [0, 0.05) is 13.1 Å². The zero-order valence-corrected chi connectivity index (χ0v) is 17.7. The summed E-state index contributed by atoms with van der Waals surface area (Å²) in [5.41, 5.74) is 2.34. The Balaban J connectivity index is 2.02. The lowest BCUT2D eigenvalue weighted by molar-refractivity contribution is -0.141. The molecule has 0 saturated carbocycles. The van der Waals surface area contributed by atoms with Gasteiger partial charge in [0.25, 0.3) is 5.91 Å². The lowest BCUT2D eigenvalue weighted by Crippen LogP contribution is -2.50. The van der Waals surface area contributed by atoms with Gasteiger partial charge in [0.1, 0.15) is 11.8 Å². The van der Waals surface area contributed by atoms with Crippen molar-refractivity contribution in [2.24, 2.45) is 0 Å². The number of ether oxygens (including phenoxy) is 1. The Hall–Kier alpha value is -2.82. The summed E-state index contributed by atoms with van der Waals surface area (Å²) in [5, 5.41) is 2.88. The van der Waals surface area contributed by atoms with Crippen LogP contribution in [0.15, 0.2) is 54.6 Å². The van der Waals surface area contributed by atoms with Crippen LogP contribution < -0.4 is 10.1 Å². The van der Waals surface area contributed by atoms with E-state index in [4.69, 9.17) is 4.74 Å². The van der Waals surface area contributed by atoms with Crippen molar-refractivity contribution in [2.75, 3.05) is 19.7 Å². The van der Waals surface area contributed by atoms with Gasteiger partial charge in [-0.1, -0.05) is 56.3 Å². The van der Waals surface area contributed by atoms with Crippen molar-refractivity contribution < 1.29 is 14.3 Å². The third-order valence-electron chi connectivity index (χ3n) is 4.89. The topological polar surface area (TPSA) is 58.6 Å². The minimum Gasteiger partial charge on any atom is -0.484 e. The summed E-state index contributed by atoms with van der Waals surface area (Å²) >= 11 is 0. The molecule has 0 aliphatic carbocycles. The SMILES string of the molecule is CCCNC(=O)[C@@H](C)N(CCc1ccccc1)C(=O)COc1ccc(CC)cc1. The second-order valence-corrected chi connectivity index (χ2v) is 7.08. The molecule has 5 nitrogen and oxygen atoms in total. The van der Waals surface area contributed by atoms with Crippen LogP contribution in [0.2, 0.25) is 0 Å². The van der Waals surface area contributed by atoms with Crippen molar-refractivity contribution in [1.82, 2.24) is 10.2 Å². The van der Waals surface area contributed by atoms with Crippen molar-refractivity contribution in [1.29, 1.82) is 0 Å². The maximum atomic E-state index is 12.9. The molecule has 0 aliphatic rings. The number of nitrogens with zero attached hydrogens (tertiary/aromatic N) is 1. The van der Waals surface area contributed by atoms with Gasteiger partial charge in [-0.2, -0.15) is 0 Å². The number of carbonyl (C=O) groups is 2. The van der Waals surface area contributed by atoms with Crippen molar-refractivity contribution >= 4 is 11.8 Å². The van der Waals surface area contributed by atoms with Crippen molar-refractivity contribution in [3.63, 3.8) is 0 Å². The van der Waals surface area contributed by atoms with E-state index in [1.54, 1.807) is 11.8 Å². The molecular weight excluding hydrogens is 364 g/mol. The molecule has 2 aromatic rings. The molecule has 0 heterocycles. The number of hydrogen-bond acceptors (Lipinski definition) is 3. The fourth-order valence-electron chi connectivity index (χ4n) is 3.02.